The molecule has 4 rings (SSSR count). The largest absolute Gasteiger partial charge is 0.373 e. The third kappa shape index (κ3) is 4.08. The third-order valence-corrected chi connectivity index (χ3v) is 5.76. The Labute approximate surface area is 153 Å². The highest BCUT2D eigenvalue weighted by Gasteiger charge is 2.47. The first-order chi connectivity index (χ1) is 12.1. The molecule has 0 amide bonds. The van der Waals surface area contributed by atoms with Gasteiger partial charge in [-0.15, -0.1) is 11.3 Å². The lowest BCUT2D eigenvalue weighted by molar-refractivity contribution is -0.200. The van der Waals surface area contributed by atoms with Crippen molar-refractivity contribution in [3.05, 3.63) is 45.7 Å². The van der Waals surface area contributed by atoms with Gasteiger partial charge in [0.25, 0.3) is 0 Å². The third-order valence-electron chi connectivity index (χ3n) is 4.94. The van der Waals surface area contributed by atoms with E-state index in [0.29, 0.717) is 6.61 Å². The van der Waals surface area contributed by atoms with Gasteiger partial charge in [0.1, 0.15) is 0 Å². The second-order valence-corrected chi connectivity index (χ2v) is 8.39. The number of aryl methyl sites for hydroxylation is 2. The van der Waals surface area contributed by atoms with Crippen LogP contribution in [-0.2, 0) is 22.6 Å². The van der Waals surface area contributed by atoms with Crippen molar-refractivity contribution >= 4 is 11.3 Å². The number of pyridine rings is 1. The van der Waals surface area contributed by atoms with Gasteiger partial charge in [0, 0.05) is 50.4 Å². The maximum atomic E-state index is 6.16. The number of hydrogen-bond donors (Lipinski definition) is 0. The molecule has 0 N–H and O–H groups in total. The van der Waals surface area contributed by atoms with E-state index in [1.54, 1.807) is 11.3 Å². The van der Waals surface area contributed by atoms with Crippen LogP contribution in [0.15, 0.2) is 23.8 Å². The second kappa shape index (κ2) is 7.11. The van der Waals surface area contributed by atoms with Crippen molar-refractivity contribution in [3.8, 4) is 0 Å². The van der Waals surface area contributed by atoms with Gasteiger partial charge >= 0.3 is 0 Å². The zero-order valence-electron chi connectivity index (χ0n) is 14.9. The lowest BCUT2D eigenvalue weighted by Crippen LogP contribution is -2.65. The van der Waals surface area contributed by atoms with Crippen LogP contribution in [0.25, 0.3) is 0 Å². The summed E-state index contributed by atoms with van der Waals surface area (Å²) in [7, 11) is 0. The van der Waals surface area contributed by atoms with E-state index < -0.39 is 0 Å². The van der Waals surface area contributed by atoms with Crippen molar-refractivity contribution in [3.63, 3.8) is 0 Å². The summed E-state index contributed by atoms with van der Waals surface area (Å²) in [6.07, 6.45) is 6.01. The van der Waals surface area contributed by atoms with E-state index in [0.717, 1.165) is 49.7 Å². The average Bonchev–Trinajstić information content (AvgIpc) is 2.97. The van der Waals surface area contributed by atoms with Crippen LogP contribution >= 0.6 is 11.3 Å². The van der Waals surface area contributed by atoms with E-state index in [1.165, 1.54) is 11.3 Å². The molecular formula is C19H25N3O2S. The Bertz CT molecular complexity index is 727. The minimum Gasteiger partial charge on any atom is -0.373 e. The van der Waals surface area contributed by atoms with Crippen molar-refractivity contribution in [2.75, 3.05) is 19.7 Å². The lowest BCUT2D eigenvalue weighted by atomic mass is 9.84. The topological polar surface area (TPSA) is 47.5 Å². The first kappa shape index (κ1) is 17.1. The first-order valence-electron chi connectivity index (χ1n) is 8.90. The number of nitrogens with zero attached hydrogens (tertiary/aromatic N) is 3. The summed E-state index contributed by atoms with van der Waals surface area (Å²) in [5, 5.41) is 3.29. The summed E-state index contributed by atoms with van der Waals surface area (Å²) in [6, 6.07) is 2.14. The Kier molecular flexibility index (Phi) is 4.86. The lowest BCUT2D eigenvalue weighted by Gasteiger charge is -2.53. The molecule has 2 aromatic rings. The summed E-state index contributed by atoms with van der Waals surface area (Å²) >= 11 is 1.72. The molecule has 2 aliphatic rings. The molecule has 1 spiro atoms. The monoisotopic (exact) mass is 359 g/mol. The number of likely N-dealkylation sites (tertiary alicyclic amines) is 1. The van der Waals surface area contributed by atoms with Gasteiger partial charge in [0.05, 0.1) is 29.0 Å². The van der Waals surface area contributed by atoms with E-state index in [-0.39, 0.29) is 11.7 Å². The maximum Gasteiger partial charge on any atom is 0.0959 e. The molecule has 4 heterocycles. The molecule has 0 saturated carbocycles. The minimum absolute atomic E-state index is 0.0150. The van der Waals surface area contributed by atoms with E-state index in [1.807, 2.05) is 12.4 Å². The molecule has 2 aliphatic heterocycles. The number of rotatable bonds is 5. The Balaban J connectivity index is 1.27. The molecule has 2 fully saturated rings. The normalized spacial score (nSPS) is 22.9. The van der Waals surface area contributed by atoms with Crippen molar-refractivity contribution in [1.29, 1.82) is 0 Å². The fourth-order valence-electron chi connectivity index (χ4n) is 3.85. The molecule has 0 aliphatic carbocycles. The molecule has 6 heteroatoms. The predicted molar refractivity (Wildman–Crippen MR) is 97.6 cm³/mol. The SMILES string of the molecule is Cc1cncc(CO[C@H]2CCOC3(C2)CN(Cc2csc(C)n2)C3)c1. The maximum absolute atomic E-state index is 6.16. The molecule has 0 bridgehead atoms. The van der Waals surface area contributed by atoms with E-state index in [9.17, 15) is 0 Å². The van der Waals surface area contributed by atoms with Crippen LogP contribution < -0.4 is 0 Å². The van der Waals surface area contributed by atoms with Gasteiger partial charge in [-0.2, -0.15) is 0 Å². The Morgan fingerprint density at radius 1 is 1.36 bits per heavy atom. The molecule has 0 unspecified atom stereocenters. The van der Waals surface area contributed by atoms with Crippen LogP contribution in [0.4, 0.5) is 0 Å². The van der Waals surface area contributed by atoms with Crippen LogP contribution in [0, 0.1) is 13.8 Å². The Hall–Kier alpha value is -1.34. The molecule has 1 atom stereocenters. The summed E-state index contributed by atoms with van der Waals surface area (Å²) in [6.45, 7) is 8.44. The smallest absolute Gasteiger partial charge is 0.0959 e. The van der Waals surface area contributed by atoms with Crippen LogP contribution in [0.3, 0.4) is 0 Å². The van der Waals surface area contributed by atoms with Crippen LogP contribution in [-0.4, -0.2) is 46.3 Å². The molecule has 25 heavy (non-hydrogen) atoms. The number of ether oxygens (including phenoxy) is 2. The molecule has 0 radical (unpaired) electrons. The number of thiazole rings is 1. The van der Waals surface area contributed by atoms with Crippen molar-refractivity contribution in [2.45, 2.75) is 51.5 Å². The quantitative estimate of drug-likeness (QED) is 0.821. The first-order valence-corrected chi connectivity index (χ1v) is 9.78. The van der Waals surface area contributed by atoms with E-state index >= 15 is 0 Å². The summed E-state index contributed by atoms with van der Waals surface area (Å²) in [5.74, 6) is 0. The average molecular weight is 359 g/mol. The van der Waals surface area contributed by atoms with Gasteiger partial charge in [-0.05, 0) is 31.4 Å². The van der Waals surface area contributed by atoms with Crippen molar-refractivity contribution in [2.24, 2.45) is 0 Å². The Morgan fingerprint density at radius 3 is 3.00 bits per heavy atom. The fourth-order valence-corrected chi connectivity index (χ4v) is 4.45. The molecular weight excluding hydrogens is 334 g/mol. The van der Waals surface area contributed by atoms with Gasteiger partial charge in [-0.1, -0.05) is 6.07 Å². The zero-order valence-corrected chi connectivity index (χ0v) is 15.7. The highest BCUT2D eigenvalue weighted by molar-refractivity contribution is 7.09. The molecule has 2 saturated heterocycles. The van der Waals surface area contributed by atoms with E-state index in [4.69, 9.17) is 9.47 Å². The molecule has 5 nitrogen and oxygen atoms in total. The summed E-state index contributed by atoms with van der Waals surface area (Å²) in [5.41, 5.74) is 3.48. The number of hydrogen-bond acceptors (Lipinski definition) is 6. The van der Waals surface area contributed by atoms with Crippen molar-refractivity contribution in [1.82, 2.24) is 14.9 Å². The minimum atomic E-state index is -0.0150. The standard InChI is InChI=1S/C19H25N3O2S/c1-14-5-16(8-20-7-14)10-23-18-3-4-24-19(6-18)12-22(13-19)9-17-11-25-15(2)21-17/h5,7-8,11,18H,3-4,6,9-10,12-13H2,1-2H3/t18-/m0/s1. The summed E-state index contributed by atoms with van der Waals surface area (Å²) in [4.78, 5) is 11.2. The fraction of sp³-hybridized carbons (Fsp3) is 0.579. The van der Waals surface area contributed by atoms with Crippen molar-refractivity contribution < 1.29 is 9.47 Å². The molecule has 0 aromatic carbocycles. The molecule has 2 aromatic heterocycles. The second-order valence-electron chi connectivity index (χ2n) is 7.33. The van der Waals surface area contributed by atoms with Gasteiger partial charge in [-0.25, -0.2) is 4.98 Å². The van der Waals surface area contributed by atoms with Crippen LogP contribution in [0.2, 0.25) is 0 Å². The van der Waals surface area contributed by atoms with Crippen LogP contribution in [0.1, 0.15) is 34.7 Å². The predicted octanol–water partition coefficient (Wildman–Crippen LogP) is 3.11. The van der Waals surface area contributed by atoms with Gasteiger partial charge in [0.15, 0.2) is 0 Å². The Morgan fingerprint density at radius 2 is 2.24 bits per heavy atom. The summed E-state index contributed by atoms with van der Waals surface area (Å²) < 4.78 is 12.3. The van der Waals surface area contributed by atoms with Crippen LogP contribution in [0.5, 0.6) is 0 Å². The highest BCUT2D eigenvalue weighted by atomic mass is 32.1. The van der Waals surface area contributed by atoms with Gasteiger partial charge in [-0.3, -0.25) is 9.88 Å². The zero-order chi connectivity index (χ0) is 17.3. The van der Waals surface area contributed by atoms with Gasteiger partial charge in [0.2, 0.25) is 0 Å². The van der Waals surface area contributed by atoms with E-state index in [2.05, 4.69) is 40.2 Å². The highest BCUT2D eigenvalue weighted by Crippen LogP contribution is 2.36. The number of aromatic nitrogens is 2. The molecule has 134 valence electrons. The van der Waals surface area contributed by atoms with Gasteiger partial charge < -0.3 is 9.47 Å².